The lowest BCUT2D eigenvalue weighted by atomic mass is 10.1. The minimum absolute atomic E-state index is 0.279. The minimum Gasteiger partial charge on any atom is -0.476 e. The van der Waals surface area contributed by atoms with E-state index >= 15 is 0 Å². The van der Waals surface area contributed by atoms with E-state index in [9.17, 15) is 4.79 Å². The van der Waals surface area contributed by atoms with Gasteiger partial charge in [-0.25, -0.2) is 9.97 Å². The number of rotatable bonds is 7. The van der Waals surface area contributed by atoms with Crippen LogP contribution in [0.15, 0.2) is 24.5 Å². The van der Waals surface area contributed by atoms with Gasteiger partial charge in [0, 0.05) is 32.2 Å². The summed E-state index contributed by atoms with van der Waals surface area (Å²) in [6.07, 6.45) is 5.15. The Balaban J connectivity index is 1.22. The highest BCUT2D eigenvalue weighted by molar-refractivity contribution is 5.92. The van der Waals surface area contributed by atoms with Gasteiger partial charge >= 0.3 is 0 Å². The molecule has 4 rings (SSSR count). The number of aromatic nitrogens is 4. The average Bonchev–Trinajstić information content (AvgIpc) is 2.83. The van der Waals surface area contributed by atoms with Gasteiger partial charge in [-0.3, -0.25) is 4.79 Å². The van der Waals surface area contributed by atoms with Gasteiger partial charge in [0.25, 0.3) is 5.91 Å². The molecular weight excluding hydrogens is 386 g/mol. The summed E-state index contributed by atoms with van der Waals surface area (Å²) in [5, 5.41) is 11.0. The van der Waals surface area contributed by atoms with Crippen LogP contribution in [0.5, 0.6) is 5.88 Å². The summed E-state index contributed by atoms with van der Waals surface area (Å²) in [7, 11) is 0. The first-order chi connectivity index (χ1) is 14.8. The van der Waals surface area contributed by atoms with Crippen molar-refractivity contribution in [3.63, 3.8) is 0 Å². The number of piperidine rings is 1. The Hall–Kier alpha value is -3.01. The molecule has 30 heavy (non-hydrogen) atoms. The number of carbonyl (C=O) groups is 1. The molecule has 2 aromatic rings. The number of anilines is 2. The largest absolute Gasteiger partial charge is 0.476 e. The van der Waals surface area contributed by atoms with E-state index in [-0.39, 0.29) is 11.6 Å². The molecule has 2 saturated heterocycles. The van der Waals surface area contributed by atoms with Crippen LogP contribution in [0.25, 0.3) is 0 Å². The van der Waals surface area contributed by atoms with E-state index < -0.39 is 0 Å². The molecule has 2 aromatic heterocycles. The molecule has 10 nitrogen and oxygen atoms in total. The number of carbonyl (C=O) groups excluding carboxylic acids is 1. The van der Waals surface area contributed by atoms with Gasteiger partial charge in [0.15, 0.2) is 11.5 Å². The Morgan fingerprint density at radius 1 is 1.00 bits per heavy atom. The second kappa shape index (κ2) is 10.1. The van der Waals surface area contributed by atoms with E-state index in [0.717, 1.165) is 37.8 Å². The fourth-order valence-electron chi connectivity index (χ4n) is 3.52. The topological polar surface area (TPSA) is 106 Å². The summed E-state index contributed by atoms with van der Waals surface area (Å²) >= 11 is 0. The van der Waals surface area contributed by atoms with E-state index in [0.29, 0.717) is 32.2 Å². The van der Waals surface area contributed by atoms with E-state index in [1.165, 1.54) is 25.6 Å². The molecule has 0 spiro atoms. The number of morpholine rings is 1. The van der Waals surface area contributed by atoms with Gasteiger partial charge in [-0.15, -0.1) is 10.2 Å². The van der Waals surface area contributed by atoms with Crippen molar-refractivity contribution in [3.8, 4) is 5.88 Å². The number of hydrogen-bond donors (Lipinski definition) is 1. The van der Waals surface area contributed by atoms with Gasteiger partial charge in [-0.05, 0) is 31.4 Å². The normalized spacial score (nSPS) is 16.9. The van der Waals surface area contributed by atoms with Crippen LogP contribution >= 0.6 is 0 Å². The van der Waals surface area contributed by atoms with Crippen LogP contribution in [0.2, 0.25) is 0 Å². The summed E-state index contributed by atoms with van der Waals surface area (Å²) in [4.78, 5) is 25.1. The molecule has 1 N–H and O–H groups in total. The molecular formula is C20H27N7O3. The van der Waals surface area contributed by atoms with Gasteiger partial charge in [0.2, 0.25) is 5.88 Å². The highest BCUT2D eigenvalue weighted by Crippen LogP contribution is 2.20. The maximum Gasteiger partial charge on any atom is 0.271 e. The first-order valence-electron chi connectivity index (χ1n) is 10.4. The maximum absolute atomic E-state index is 12.3. The second-order valence-electron chi connectivity index (χ2n) is 7.24. The molecule has 160 valence electrons. The zero-order chi connectivity index (χ0) is 20.6. The molecule has 0 bridgehead atoms. The Bertz CT molecular complexity index is 821. The molecule has 0 aliphatic carbocycles. The lowest BCUT2D eigenvalue weighted by molar-refractivity contribution is 0.0940. The maximum atomic E-state index is 12.3. The predicted molar refractivity (Wildman–Crippen MR) is 111 cm³/mol. The van der Waals surface area contributed by atoms with Crippen molar-refractivity contribution in [1.29, 1.82) is 0 Å². The number of ether oxygens (including phenoxy) is 2. The Morgan fingerprint density at radius 2 is 1.80 bits per heavy atom. The summed E-state index contributed by atoms with van der Waals surface area (Å²) in [6, 6.07) is 5.35. The molecule has 0 aromatic carbocycles. The van der Waals surface area contributed by atoms with Crippen molar-refractivity contribution in [2.45, 2.75) is 19.3 Å². The fourth-order valence-corrected chi connectivity index (χ4v) is 3.52. The lowest BCUT2D eigenvalue weighted by Gasteiger charge is -2.27. The average molecular weight is 413 g/mol. The smallest absolute Gasteiger partial charge is 0.271 e. The number of hydrogen-bond acceptors (Lipinski definition) is 9. The summed E-state index contributed by atoms with van der Waals surface area (Å²) in [6.45, 7) is 5.58. The number of amides is 1. The molecule has 0 radical (unpaired) electrons. The summed E-state index contributed by atoms with van der Waals surface area (Å²) in [5.41, 5.74) is 0.279. The van der Waals surface area contributed by atoms with Crippen LogP contribution in [-0.4, -0.2) is 78.6 Å². The van der Waals surface area contributed by atoms with Gasteiger partial charge in [0.05, 0.1) is 19.8 Å². The quantitative estimate of drug-likeness (QED) is 0.663. The van der Waals surface area contributed by atoms with Crippen LogP contribution in [0.3, 0.4) is 0 Å². The number of nitrogens with one attached hydrogen (secondary N) is 1. The molecule has 10 heteroatoms. The molecule has 0 atom stereocenters. The Labute approximate surface area is 175 Å². The van der Waals surface area contributed by atoms with Crippen molar-refractivity contribution in [1.82, 2.24) is 25.5 Å². The summed E-state index contributed by atoms with van der Waals surface area (Å²) < 4.78 is 11.0. The fraction of sp³-hybridized carbons (Fsp3) is 0.550. The van der Waals surface area contributed by atoms with E-state index in [4.69, 9.17) is 9.47 Å². The van der Waals surface area contributed by atoms with Crippen molar-refractivity contribution in [3.05, 3.63) is 30.2 Å². The minimum atomic E-state index is -0.281. The molecule has 0 unspecified atom stereocenters. The lowest BCUT2D eigenvalue weighted by Crippen LogP contribution is -2.37. The highest BCUT2D eigenvalue weighted by atomic mass is 16.5. The third-order valence-electron chi connectivity index (χ3n) is 5.16. The second-order valence-corrected chi connectivity index (χ2v) is 7.24. The van der Waals surface area contributed by atoms with Crippen molar-refractivity contribution in [2.75, 3.05) is 62.3 Å². The van der Waals surface area contributed by atoms with E-state index in [2.05, 4.69) is 35.3 Å². The Morgan fingerprint density at radius 3 is 2.57 bits per heavy atom. The van der Waals surface area contributed by atoms with Crippen molar-refractivity contribution >= 4 is 17.5 Å². The third kappa shape index (κ3) is 5.32. The predicted octanol–water partition coefficient (Wildman–Crippen LogP) is 0.902. The first-order valence-corrected chi connectivity index (χ1v) is 10.4. The van der Waals surface area contributed by atoms with Gasteiger partial charge in [-0.2, -0.15) is 0 Å². The SMILES string of the molecule is O=C(NCCOc1cc(N2CCCCC2)ncn1)c1ccc(N2CCOCC2)nn1. The molecule has 0 saturated carbocycles. The van der Waals surface area contributed by atoms with Crippen LogP contribution in [0.1, 0.15) is 29.8 Å². The number of nitrogens with zero attached hydrogens (tertiary/aromatic N) is 6. The van der Waals surface area contributed by atoms with Crippen LogP contribution < -0.4 is 19.9 Å². The zero-order valence-electron chi connectivity index (χ0n) is 17.0. The van der Waals surface area contributed by atoms with Gasteiger partial charge in [0.1, 0.15) is 18.8 Å². The summed E-state index contributed by atoms with van der Waals surface area (Å²) in [5.74, 6) is 1.87. The van der Waals surface area contributed by atoms with Crippen molar-refractivity contribution in [2.24, 2.45) is 0 Å². The zero-order valence-corrected chi connectivity index (χ0v) is 17.0. The molecule has 2 fully saturated rings. The Kier molecular flexibility index (Phi) is 6.86. The van der Waals surface area contributed by atoms with Crippen molar-refractivity contribution < 1.29 is 14.3 Å². The first kappa shape index (κ1) is 20.3. The monoisotopic (exact) mass is 413 g/mol. The third-order valence-corrected chi connectivity index (χ3v) is 5.16. The van der Waals surface area contributed by atoms with E-state index in [1.807, 2.05) is 12.1 Å². The van der Waals surface area contributed by atoms with Crippen LogP contribution in [0, 0.1) is 0 Å². The highest BCUT2D eigenvalue weighted by Gasteiger charge is 2.15. The van der Waals surface area contributed by atoms with Crippen LogP contribution in [-0.2, 0) is 4.74 Å². The molecule has 1 amide bonds. The van der Waals surface area contributed by atoms with Crippen LogP contribution in [0.4, 0.5) is 11.6 Å². The molecule has 2 aliphatic rings. The van der Waals surface area contributed by atoms with E-state index in [1.54, 1.807) is 6.07 Å². The standard InChI is InChI=1S/C20H27N7O3/c28-20(16-4-5-17(25-24-16)27-9-12-29-13-10-27)21-6-11-30-19-14-18(22-15-23-19)26-7-2-1-3-8-26/h4-5,14-15H,1-3,6-13H2,(H,21,28). The molecule has 4 heterocycles. The van der Waals surface area contributed by atoms with Gasteiger partial charge in [-0.1, -0.05) is 0 Å². The molecule has 2 aliphatic heterocycles. The van der Waals surface area contributed by atoms with Gasteiger partial charge < -0.3 is 24.6 Å².